The molecule has 5 nitrogen and oxygen atoms in total. The standard InChI is InChI=1S/C16H18N2O3/c1-17-14(12-8-4-2-5-9-12)13(16(20)21-17)15(19)18-10-6-3-7-11-18/h2,4-5,8-9H,3,6-7,10-11H2,1H3. The first-order valence-electron chi connectivity index (χ1n) is 7.23. The average Bonchev–Trinajstić information content (AvgIpc) is 2.82. The fourth-order valence-corrected chi connectivity index (χ4v) is 2.84. The van der Waals surface area contributed by atoms with Gasteiger partial charge in [-0.2, -0.15) is 0 Å². The molecule has 21 heavy (non-hydrogen) atoms. The van der Waals surface area contributed by atoms with Gasteiger partial charge in [-0.05, 0) is 19.3 Å². The Morgan fingerprint density at radius 2 is 1.76 bits per heavy atom. The Hall–Kier alpha value is -2.30. The molecule has 1 aliphatic heterocycles. The molecule has 0 bridgehead atoms. The third kappa shape index (κ3) is 2.51. The van der Waals surface area contributed by atoms with E-state index in [1.54, 1.807) is 11.9 Å². The summed E-state index contributed by atoms with van der Waals surface area (Å²) in [5, 5.41) is 0. The molecule has 1 saturated heterocycles. The highest BCUT2D eigenvalue weighted by molar-refractivity contribution is 5.99. The van der Waals surface area contributed by atoms with E-state index in [4.69, 9.17) is 4.52 Å². The molecule has 5 heteroatoms. The lowest BCUT2D eigenvalue weighted by atomic mass is 10.1. The van der Waals surface area contributed by atoms with Crippen LogP contribution in [0.25, 0.3) is 11.3 Å². The third-order valence-electron chi connectivity index (χ3n) is 3.88. The largest absolute Gasteiger partial charge is 0.370 e. The number of rotatable bonds is 2. The van der Waals surface area contributed by atoms with Crippen molar-refractivity contribution in [1.82, 2.24) is 9.64 Å². The Balaban J connectivity index is 2.06. The molecule has 0 radical (unpaired) electrons. The number of aryl methyl sites for hydroxylation is 1. The van der Waals surface area contributed by atoms with E-state index < -0.39 is 5.63 Å². The first-order chi connectivity index (χ1) is 10.2. The lowest BCUT2D eigenvalue weighted by molar-refractivity contribution is 0.0722. The summed E-state index contributed by atoms with van der Waals surface area (Å²) < 4.78 is 6.51. The van der Waals surface area contributed by atoms with Crippen LogP contribution in [-0.4, -0.2) is 28.6 Å². The van der Waals surface area contributed by atoms with Gasteiger partial charge in [-0.1, -0.05) is 30.3 Å². The van der Waals surface area contributed by atoms with Gasteiger partial charge in [0, 0.05) is 25.7 Å². The number of hydrogen-bond acceptors (Lipinski definition) is 3. The van der Waals surface area contributed by atoms with Crippen molar-refractivity contribution in [2.75, 3.05) is 13.1 Å². The van der Waals surface area contributed by atoms with Gasteiger partial charge in [0.05, 0.1) is 0 Å². The summed E-state index contributed by atoms with van der Waals surface area (Å²) in [5.41, 5.74) is 0.944. The summed E-state index contributed by atoms with van der Waals surface area (Å²) in [4.78, 5) is 26.5. The predicted molar refractivity (Wildman–Crippen MR) is 79.1 cm³/mol. The predicted octanol–water partition coefficient (Wildman–Crippen LogP) is 2.27. The summed E-state index contributed by atoms with van der Waals surface area (Å²) in [6, 6.07) is 9.40. The zero-order valence-corrected chi connectivity index (χ0v) is 12.0. The van der Waals surface area contributed by atoms with E-state index in [0.29, 0.717) is 18.8 Å². The number of aromatic nitrogens is 1. The molecule has 0 N–H and O–H groups in total. The van der Waals surface area contributed by atoms with E-state index in [2.05, 4.69) is 0 Å². The molecule has 1 aliphatic rings. The highest BCUT2D eigenvalue weighted by Gasteiger charge is 2.28. The van der Waals surface area contributed by atoms with Gasteiger partial charge in [0.2, 0.25) is 0 Å². The van der Waals surface area contributed by atoms with Crippen molar-refractivity contribution in [2.24, 2.45) is 7.05 Å². The van der Waals surface area contributed by atoms with Gasteiger partial charge < -0.3 is 9.42 Å². The smallest absolute Gasteiger partial charge is 0.338 e. The van der Waals surface area contributed by atoms with Crippen LogP contribution in [0.3, 0.4) is 0 Å². The molecule has 0 unspecified atom stereocenters. The van der Waals surface area contributed by atoms with Crippen LogP contribution in [0.4, 0.5) is 0 Å². The second-order valence-electron chi connectivity index (χ2n) is 5.32. The number of amides is 1. The zero-order valence-electron chi connectivity index (χ0n) is 12.0. The van der Waals surface area contributed by atoms with Crippen LogP contribution in [0.2, 0.25) is 0 Å². The van der Waals surface area contributed by atoms with Crippen LogP contribution < -0.4 is 5.63 Å². The Bertz CT molecular complexity index is 694. The molecule has 3 rings (SSSR count). The second-order valence-corrected chi connectivity index (χ2v) is 5.32. The number of nitrogens with zero attached hydrogens (tertiary/aromatic N) is 2. The maximum Gasteiger partial charge on any atom is 0.370 e. The maximum atomic E-state index is 12.7. The molecular formula is C16H18N2O3. The quantitative estimate of drug-likeness (QED) is 0.851. The van der Waals surface area contributed by atoms with Gasteiger partial charge in [-0.15, -0.1) is 0 Å². The monoisotopic (exact) mass is 286 g/mol. The minimum Gasteiger partial charge on any atom is -0.338 e. The third-order valence-corrected chi connectivity index (χ3v) is 3.88. The van der Waals surface area contributed by atoms with Crippen molar-refractivity contribution in [3.05, 3.63) is 46.3 Å². The van der Waals surface area contributed by atoms with Crippen molar-refractivity contribution in [2.45, 2.75) is 19.3 Å². The number of likely N-dealkylation sites (tertiary alicyclic amines) is 1. The summed E-state index contributed by atoms with van der Waals surface area (Å²) in [6.07, 6.45) is 3.12. The molecule has 1 amide bonds. The van der Waals surface area contributed by atoms with Crippen LogP contribution in [0.15, 0.2) is 39.6 Å². The van der Waals surface area contributed by atoms with Gasteiger partial charge in [0.25, 0.3) is 5.91 Å². The topological polar surface area (TPSA) is 55.5 Å². The van der Waals surface area contributed by atoms with Crippen molar-refractivity contribution in [3.63, 3.8) is 0 Å². The fourth-order valence-electron chi connectivity index (χ4n) is 2.84. The van der Waals surface area contributed by atoms with Crippen molar-refractivity contribution < 1.29 is 9.32 Å². The Morgan fingerprint density at radius 3 is 2.43 bits per heavy atom. The number of benzene rings is 1. The summed E-state index contributed by atoms with van der Waals surface area (Å²) in [7, 11) is 1.65. The first kappa shape index (κ1) is 13.7. The molecule has 0 aliphatic carbocycles. The molecular weight excluding hydrogens is 268 g/mol. The summed E-state index contributed by atoms with van der Waals surface area (Å²) in [6.45, 7) is 1.42. The van der Waals surface area contributed by atoms with Crippen LogP contribution in [-0.2, 0) is 7.05 Å². The highest BCUT2D eigenvalue weighted by Crippen LogP contribution is 2.23. The summed E-state index contributed by atoms with van der Waals surface area (Å²) >= 11 is 0. The van der Waals surface area contributed by atoms with Crippen LogP contribution in [0, 0.1) is 0 Å². The first-order valence-corrected chi connectivity index (χ1v) is 7.23. The lowest BCUT2D eigenvalue weighted by Gasteiger charge is -2.26. The van der Waals surface area contributed by atoms with Crippen molar-refractivity contribution in [3.8, 4) is 11.3 Å². The van der Waals surface area contributed by atoms with Crippen LogP contribution >= 0.6 is 0 Å². The Morgan fingerprint density at radius 1 is 1.10 bits per heavy atom. The normalized spacial score (nSPS) is 15.2. The number of piperidine rings is 1. The summed E-state index contributed by atoms with van der Waals surface area (Å²) in [5.74, 6) is -0.220. The second kappa shape index (κ2) is 5.60. The van der Waals surface area contributed by atoms with Crippen LogP contribution in [0.5, 0.6) is 0 Å². The van der Waals surface area contributed by atoms with E-state index >= 15 is 0 Å². The van der Waals surface area contributed by atoms with E-state index in [-0.39, 0.29) is 11.5 Å². The van der Waals surface area contributed by atoms with E-state index in [9.17, 15) is 9.59 Å². The number of carbonyl (C=O) groups excluding carboxylic acids is 1. The van der Waals surface area contributed by atoms with Crippen molar-refractivity contribution in [1.29, 1.82) is 0 Å². The maximum absolute atomic E-state index is 12.7. The van der Waals surface area contributed by atoms with E-state index in [0.717, 1.165) is 24.8 Å². The average molecular weight is 286 g/mol. The van der Waals surface area contributed by atoms with Crippen LogP contribution in [0.1, 0.15) is 29.6 Å². The lowest BCUT2D eigenvalue weighted by Crippen LogP contribution is -2.37. The molecule has 0 atom stereocenters. The SMILES string of the molecule is Cn1oc(=O)c(C(=O)N2CCCCC2)c1-c1ccccc1. The minimum absolute atomic E-state index is 0.144. The molecule has 2 aromatic rings. The Labute approximate surface area is 122 Å². The zero-order chi connectivity index (χ0) is 14.8. The van der Waals surface area contributed by atoms with E-state index in [1.807, 2.05) is 30.3 Å². The molecule has 0 saturated carbocycles. The fraction of sp³-hybridized carbons (Fsp3) is 0.375. The van der Waals surface area contributed by atoms with Gasteiger partial charge >= 0.3 is 5.63 Å². The molecule has 1 fully saturated rings. The number of hydrogen-bond donors (Lipinski definition) is 0. The van der Waals surface area contributed by atoms with Crippen molar-refractivity contribution >= 4 is 5.91 Å². The Kier molecular flexibility index (Phi) is 3.64. The minimum atomic E-state index is -0.563. The molecule has 110 valence electrons. The van der Waals surface area contributed by atoms with Gasteiger partial charge in [-0.25, -0.2) is 9.53 Å². The molecule has 0 spiro atoms. The van der Waals surface area contributed by atoms with Gasteiger partial charge in [0.1, 0.15) is 5.69 Å². The molecule has 2 heterocycles. The highest BCUT2D eigenvalue weighted by atomic mass is 16.5. The molecule has 1 aromatic carbocycles. The van der Waals surface area contributed by atoms with E-state index in [1.165, 1.54) is 4.74 Å². The van der Waals surface area contributed by atoms with Gasteiger partial charge in [0.15, 0.2) is 5.56 Å². The van der Waals surface area contributed by atoms with Gasteiger partial charge in [-0.3, -0.25) is 4.79 Å². The molecule has 1 aromatic heterocycles. The number of carbonyl (C=O) groups is 1.